The summed E-state index contributed by atoms with van der Waals surface area (Å²) in [6.45, 7) is 5.60. The molecule has 0 atom stereocenters. The van der Waals surface area contributed by atoms with E-state index in [4.69, 9.17) is 0 Å². The summed E-state index contributed by atoms with van der Waals surface area (Å²) in [6, 6.07) is 5.98. The quantitative estimate of drug-likeness (QED) is 0.847. The average molecular weight is 233 g/mol. The molecule has 0 aromatic carbocycles. The molecule has 0 saturated heterocycles. The summed E-state index contributed by atoms with van der Waals surface area (Å²) in [7, 11) is 0. The highest BCUT2D eigenvalue weighted by Gasteiger charge is 2.32. The van der Waals surface area contributed by atoms with Crippen LogP contribution in [0.2, 0.25) is 0 Å². The van der Waals surface area contributed by atoms with Gasteiger partial charge in [-0.1, -0.05) is 6.07 Å². The van der Waals surface area contributed by atoms with E-state index in [-0.39, 0.29) is 5.91 Å². The first kappa shape index (κ1) is 11.9. The van der Waals surface area contributed by atoms with E-state index in [2.05, 4.69) is 10.3 Å². The molecule has 0 bridgehead atoms. The molecule has 1 heterocycles. The molecule has 1 aliphatic rings. The standard InChI is InChI=1S/C13H19N3O/c1-3-14-12-7-5-6-11(15-12)13(17)16(4-2)10-8-9-10/h5-7,10H,3-4,8-9H2,1-2H3,(H,14,15). The molecule has 1 aromatic heterocycles. The summed E-state index contributed by atoms with van der Waals surface area (Å²) in [5.74, 6) is 0.819. The van der Waals surface area contributed by atoms with Gasteiger partial charge in [0.15, 0.2) is 0 Å². The SMILES string of the molecule is CCNc1cccc(C(=O)N(CC)C2CC2)n1. The molecule has 1 fully saturated rings. The molecular weight excluding hydrogens is 214 g/mol. The molecule has 1 N–H and O–H groups in total. The lowest BCUT2D eigenvalue weighted by Gasteiger charge is -2.20. The van der Waals surface area contributed by atoms with Gasteiger partial charge in [0.2, 0.25) is 0 Å². The monoisotopic (exact) mass is 233 g/mol. The van der Waals surface area contributed by atoms with Crippen molar-refractivity contribution in [3.8, 4) is 0 Å². The summed E-state index contributed by atoms with van der Waals surface area (Å²) >= 11 is 0. The van der Waals surface area contributed by atoms with E-state index in [1.54, 1.807) is 6.07 Å². The molecule has 1 amide bonds. The smallest absolute Gasteiger partial charge is 0.272 e. The van der Waals surface area contributed by atoms with Gasteiger partial charge in [0, 0.05) is 19.1 Å². The molecule has 4 nitrogen and oxygen atoms in total. The largest absolute Gasteiger partial charge is 0.370 e. The zero-order valence-corrected chi connectivity index (χ0v) is 10.4. The van der Waals surface area contributed by atoms with Crippen LogP contribution in [0.15, 0.2) is 18.2 Å². The molecule has 1 saturated carbocycles. The first-order valence-corrected chi connectivity index (χ1v) is 6.28. The predicted molar refractivity (Wildman–Crippen MR) is 68.1 cm³/mol. The second kappa shape index (κ2) is 5.17. The van der Waals surface area contributed by atoms with E-state index in [9.17, 15) is 4.79 Å². The number of hydrogen-bond acceptors (Lipinski definition) is 3. The Morgan fingerprint density at radius 3 is 2.82 bits per heavy atom. The van der Waals surface area contributed by atoms with Crippen molar-refractivity contribution < 1.29 is 4.79 Å². The summed E-state index contributed by atoms with van der Waals surface area (Å²) in [5, 5.41) is 3.12. The maximum atomic E-state index is 12.2. The third-order valence-electron chi connectivity index (χ3n) is 2.92. The summed E-state index contributed by atoms with van der Waals surface area (Å²) in [5.41, 5.74) is 0.539. The fourth-order valence-corrected chi connectivity index (χ4v) is 1.93. The Morgan fingerprint density at radius 2 is 2.24 bits per heavy atom. The van der Waals surface area contributed by atoms with Gasteiger partial charge in [-0.3, -0.25) is 4.79 Å². The Kier molecular flexibility index (Phi) is 3.61. The molecule has 4 heteroatoms. The highest BCUT2D eigenvalue weighted by molar-refractivity contribution is 5.93. The molecule has 0 spiro atoms. The van der Waals surface area contributed by atoms with Gasteiger partial charge in [-0.05, 0) is 38.8 Å². The van der Waals surface area contributed by atoms with Crippen molar-refractivity contribution in [2.75, 3.05) is 18.4 Å². The minimum Gasteiger partial charge on any atom is -0.370 e. The maximum Gasteiger partial charge on any atom is 0.272 e. The lowest BCUT2D eigenvalue weighted by atomic mass is 10.3. The molecule has 2 rings (SSSR count). The van der Waals surface area contributed by atoms with E-state index >= 15 is 0 Å². The number of pyridine rings is 1. The fourth-order valence-electron chi connectivity index (χ4n) is 1.93. The van der Waals surface area contributed by atoms with Gasteiger partial charge in [0.25, 0.3) is 5.91 Å². The van der Waals surface area contributed by atoms with Crippen LogP contribution in [0.25, 0.3) is 0 Å². The van der Waals surface area contributed by atoms with Crippen LogP contribution in [0.4, 0.5) is 5.82 Å². The number of hydrogen-bond donors (Lipinski definition) is 1. The molecule has 1 aliphatic carbocycles. The number of amides is 1. The van der Waals surface area contributed by atoms with Crippen LogP contribution in [0.3, 0.4) is 0 Å². The topological polar surface area (TPSA) is 45.2 Å². The third kappa shape index (κ3) is 2.75. The zero-order chi connectivity index (χ0) is 12.3. The first-order chi connectivity index (χ1) is 8.26. The lowest BCUT2D eigenvalue weighted by molar-refractivity contribution is 0.0747. The maximum absolute atomic E-state index is 12.2. The highest BCUT2D eigenvalue weighted by Crippen LogP contribution is 2.27. The summed E-state index contributed by atoms with van der Waals surface area (Å²) in [4.78, 5) is 18.5. The molecule has 92 valence electrons. The Morgan fingerprint density at radius 1 is 1.47 bits per heavy atom. The Balaban J connectivity index is 2.14. The fraction of sp³-hybridized carbons (Fsp3) is 0.538. The summed E-state index contributed by atoms with van der Waals surface area (Å²) < 4.78 is 0. The van der Waals surface area contributed by atoms with Crippen LogP contribution in [-0.2, 0) is 0 Å². The second-order valence-electron chi connectivity index (χ2n) is 4.26. The number of nitrogens with zero attached hydrogens (tertiary/aromatic N) is 2. The average Bonchev–Trinajstić information content (AvgIpc) is 3.15. The van der Waals surface area contributed by atoms with Crippen LogP contribution in [0, 0.1) is 0 Å². The Hall–Kier alpha value is -1.58. The van der Waals surface area contributed by atoms with Crippen LogP contribution >= 0.6 is 0 Å². The minimum atomic E-state index is 0.0507. The molecule has 0 radical (unpaired) electrons. The van der Waals surface area contributed by atoms with Crippen molar-refractivity contribution in [3.63, 3.8) is 0 Å². The van der Waals surface area contributed by atoms with E-state index < -0.39 is 0 Å². The van der Waals surface area contributed by atoms with Crippen molar-refractivity contribution in [1.29, 1.82) is 0 Å². The van der Waals surface area contributed by atoms with Crippen molar-refractivity contribution in [3.05, 3.63) is 23.9 Å². The van der Waals surface area contributed by atoms with E-state index in [1.165, 1.54) is 0 Å². The summed E-state index contributed by atoms with van der Waals surface area (Å²) in [6.07, 6.45) is 2.26. The Labute approximate surface area is 102 Å². The van der Waals surface area contributed by atoms with Gasteiger partial charge in [-0.2, -0.15) is 0 Å². The number of rotatable bonds is 5. The Bertz CT molecular complexity index is 401. The van der Waals surface area contributed by atoms with Gasteiger partial charge in [-0.15, -0.1) is 0 Å². The number of carbonyl (C=O) groups excluding carboxylic acids is 1. The normalized spacial score (nSPS) is 14.5. The van der Waals surface area contributed by atoms with E-state index in [1.807, 2.05) is 30.9 Å². The van der Waals surface area contributed by atoms with Crippen molar-refractivity contribution in [2.24, 2.45) is 0 Å². The van der Waals surface area contributed by atoms with Crippen LogP contribution < -0.4 is 5.32 Å². The van der Waals surface area contributed by atoms with Crippen LogP contribution in [0.1, 0.15) is 37.2 Å². The number of nitrogens with one attached hydrogen (secondary N) is 1. The zero-order valence-electron chi connectivity index (χ0n) is 10.4. The molecular formula is C13H19N3O. The van der Waals surface area contributed by atoms with Gasteiger partial charge in [0.05, 0.1) is 0 Å². The lowest BCUT2D eigenvalue weighted by Crippen LogP contribution is -2.33. The highest BCUT2D eigenvalue weighted by atomic mass is 16.2. The number of anilines is 1. The molecule has 17 heavy (non-hydrogen) atoms. The van der Waals surface area contributed by atoms with Crippen LogP contribution in [0.5, 0.6) is 0 Å². The first-order valence-electron chi connectivity index (χ1n) is 6.28. The minimum absolute atomic E-state index is 0.0507. The van der Waals surface area contributed by atoms with E-state index in [0.717, 1.165) is 31.7 Å². The van der Waals surface area contributed by atoms with Gasteiger partial charge in [-0.25, -0.2) is 4.98 Å². The van der Waals surface area contributed by atoms with Crippen molar-refractivity contribution >= 4 is 11.7 Å². The van der Waals surface area contributed by atoms with Gasteiger partial charge < -0.3 is 10.2 Å². The third-order valence-corrected chi connectivity index (χ3v) is 2.92. The predicted octanol–water partition coefficient (Wildman–Crippen LogP) is 2.14. The number of aromatic nitrogens is 1. The molecule has 1 aromatic rings. The number of carbonyl (C=O) groups is 1. The van der Waals surface area contributed by atoms with Gasteiger partial charge in [0.1, 0.15) is 11.5 Å². The second-order valence-corrected chi connectivity index (χ2v) is 4.26. The molecule has 0 aliphatic heterocycles. The van der Waals surface area contributed by atoms with Crippen LogP contribution in [-0.4, -0.2) is 34.9 Å². The van der Waals surface area contributed by atoms with Crippen molar-refractivity contribution in [2.45, 2.75) is 32.7 Å². The molecule has 0 unspecified atom stereocenters. The van der Waals surface area contributed by atoms with E-state index in [0.29, 0.717) is 11.7 Å². The van der Waals surface area contributed by atoms with Crippen molar-refractivity contribution in [1.82, 2.24) is 9.88 Å². The van der Waals surface area contributed by atoms with Gasteiger partial charge >= 0.3 is 0 Å².